The first kappa shape index (κ1) is 81.1. The van der Waals surface area contributed by atoms with E-state index in [4.69, 9.17) is 4.74 Å². The number of nitrogens with one attached hydrogen (secondary N) is 2. The van der Waals surface area contributed by atoms with Gasteiger partial charge in [-0.2, -0.15) is 0 Å². The lowest BCUT2D eigenvalue weighted by Gasteiger charge is -2.34. The highest BCUT2D eigenvalue weighted by Crippen LogP contribution is 2.24. The minimum atomic E-state index is -0.248. The summed E-state index contributed by atoms with van der Waals surface area (Å²) in [6.07, 6.45) is 13.7. The number of nitrogens with zero attached hydrogens (tertiary/aromatic N) is 4. The molecule has 3 atom stereocenters. The Morgan fingerprint density at radius 3 is 1.58 bits per heavy atom. The third-order valence-electron chi connectivity index (χ3n) is 18.5. The van der Waals surface area contributed by atoms with Crippen LogP contribution < -0.4 is 10.6 Å². The summed E-state index contributed by atoms with van der Waals surface area (Å²) in [6, 6.07) is 32.7. The van der Waals surface area contributed by atoms with E-state index >= 15 is 0 Å². The van der Waals surface area contributed by atoms with Crippen molar-refractivity contribution in [2.75, 3.05) is 91.0 Å². The summed E-state index contributed by atoms with van der Waals surface area (Å²) in [4.78, 5) is 70.1. The number of likely N-dealkylation sites (tertiary alicyclic amines) is 2. The number of ether oxygens (including phenoxy) is 1. The number of esters is 1. The second kappa shape index (κ2) is 45.3. The number of carbonyl (C=O) groups is 5. The zero-order valence-corrected chi connectivity index (χ0v) is 61.1. The zero-order valence-electron chi connectivity index (χ0n) is 61.1. The first-order chi connectivity index (χ1) is 44.5. The molecule has 12 heteroatoms. The van der Waals surface area contributed by atoms with Crippen molar-refractivity contribution in [2.24, 2.45) is 0 Å². The molecule has 514 valence electrons. The number of hydrogen-bond acceptors (Lipinski definition) is 12. The van der Waals surface area contributed by atoms with Gasteiger partial charge in [-0.15, -0.1) is 0 Å². The van der Waals surface area contributed by atoms with Crippen LogP contribution in [0.3, 0.4) is 0 Å². The molecular weight excluding hydrogens is 1150 g/mol. The number of Topliss-reactive ketones (excluding diaryl/α,β-unsaturated/α-hetero) is 4. The summed E-state index contributed by atoms with van der Waals surface area (Å²) in [5.41, 5.74) is 16.4. The molecule has 0 bridgehead atoms. The van der Waals surface area contributed by atoms with E-state index in [0.717, 1.165) is 109 Å². The predicted molar refractivity (Wildman–Crippen MR) is 392 cm³/mol. The molecule has 0 saturated carbocycles. The molecule has 2 N–H and O–H groups in total. The van der Waals surface area contributed by atoms with Gasteiger partial charge in [0.25, 0.3) is 0 Å². The lowest BCUT2D eigenvalue weighted by molar-refractivity contribution is -0.125. The van der Waals surface area contributed by atoms with Crippen LogP contribution in [0, 0.1) is 55.4 Å². The molecule has 5 aromatic rings. The minimum Gasteiger partial charge on any atom is -0.461 e. The van der Waals surface area contributed by atoms with Gasteiger partial charge >= 0.3 is 5.97 Å². The maximum atomic E-state index is 12.7. The first-order valence-electron chi connectivity index (χ1n) is 35.5. The highest BCUT2D eigenvalue weighted by atomic mass is 16.5. The maximum absolute atomic E-state index is 12.7. The summed E-state index contributed by atoms with van der Waals surface area (Å²) in [7, 11) is 2.08. The fourth-order valence-corrected chi connectivity index (χ4v) is 12.3. The Labute approximate surface area is 564 Å². The molecule has 2 aliphatic rings. The molecule has 2 heterocycles. The van der Waals surface area contributed by atoms with Gasteiger partial charge < -0.3 is 20.3 Å². The average molecular weight is 1280 g/mol. The van der Waals surface area contributed by atoms with Gasteiger partial charge in [0.05, 0.1) is 30.2 Å². The fraction of sp³-hybridized carbons (Fsp3) is 0.568. The molecule has 12 nitrogen and oxygen atoms in total. The average Bonchev–Trinajstić information content (AvgIpc) is 1.29. The summed E-state index contributed by atoms with van der Waals surface area (Å²) in [5, 5.41) is 6.55. The molecule has 0 spiro atoms. The van der Waals surface area contributed by atoms with Crippen LogP contribution in [0.15, 0.2) is 97.1 Å². The molecule has 0 aromatic heterocycles. The van der Waals surface area contributed by atoms with Gasteiger partial charge in [-0.1, -0.05) is 146 Å². The molecule has 0 aliphatic carbocycles. The number of ketones is 4. The highest BCUT2D eigenvalue weighted by molar-refractivity contribution is 5.90. The number of aryl methyl sites for hydroxylation is 8. The van der Waals surface area contributed by atoms with Crippen molar-refractivity contribution in [2.45, 2.75) is 219 Å². The molecule has 7 rings (SSSR count). The van der Waals surface area contributed by atoms with E-state index in [1.807, 2.05) is 62.4 Å². The number of piperidine rings is 2. The van der Waals surface area contributed by atoms with Crippen LogP contribution in [0.1, 0.15) is 197 Å². The predicted octanol–water partition coefficient (Wildman–Crippen LogP) is 15.5. The van der Waals surface area contributed by atoms with Crippen LogP contribution in [-0.4, -0.2) is 152 Å². The van der Waals surface area contributed by atoms with E-state index in [2.05, 4.69) is 183 Å². The Kier molecular flexibility index (Phi) is 39.5. The lowest BCUT2D eigenvalue weighted by atomic mass is 9.91. The largest absolute Gasteiger partial charge is 0.461 e. The Bertz CT molecular complexity index is 2940. The molecule has 5 aromatic carbocycles. The number of benzene rings is 5. The second-order valence-electron chi connectivity index (χ2n) is 25.9. The van der Waals surface area contributed by atoms with E-state index in [9.17, 15) is 24.0 Å². The number of hydrogen-bond donors (Lipinski definition) is 2. The number of anilines is 1. The van der Waals surface area contributed by atoms with Crippen molar-refractivity contribution in [1.82, 2.24) is 24.9 Å². The molecule has 2 aliphatic heterocycles. The molecule has 93 heavy (non-hydrogen) atoms. The molecule has 0 radical (unpaired) electrons. The Morgan fingerprint density at radius 1 is 0.548 bits per heavy atom. The number of rotatable bonds is 30. The topological polar surface area (TPSA) is 132 Å². The maximum Gasteiger partial charge on any atom is 0.338 e. The standard InChI is InChI=1S/C18H27NO.C17H28N2O2.C16H23NO.C16H25NO.C14H21NO/c1-4-11-19-12-6-5-10-17(19)18(20)13-16-14(2)8-7-9-15(16)3;1-4-7-12-18-16-10-8-15(9-11-16)17(20)21-14-13-19(5-2)6-3;1-12-7-6-8-13(2)14(12)11-16(18)15-9-4-5-10-17(15)3;1-6-17(7-2)11-15(18)10-16-13(4)8-12(3)9-14(16)5;1-4-9-15-12(3)14(16)10-13-8-6-5-7-11(13)2/h7-9,17H,4-6,10-13H2,1-3H3;8-11,18H,4-7,12-14H2,1-3H3;6-8,15H,4-5,9-11H2,1-3H3;8-9H,6-7,10-11H2,1-5H3;5-8,12,15H,4,9-10H2,1-3H3/t17-;;15-;;/m0.0../s1. The summed E-state index contributed by atoms with van der Waals surface area (Å²) in [5.74, 6) is 1.13. The highest BCUT2D eigenvalue weighted by Gasteiger charge is 2.29. The van der Waals surface area contributed by atoms with Crippen molar-refractivity contribution >= 4 is 34.8 Å². The minimum absolute atomic E-state index is 0.0421. The molecule has 2 fully saturated rings. The van der Waals surface area contributed by atoms with Gasteiger partial charge in [-0.05, 0) is 252 Å². The summed E-state index contributed by atoms with van der Waals surface area (Å²) >= 11 is 0. The normalized spacial score (nSPS) is 15.0. The molecule has 2 saturated heterocycles. The van der Waals surface area contributed by atoms with Crippen LogP contribution in [-0.2, 0) is 49.6 Å². The Morgan fingerprint density at radius 2 is 1.06 bits per heavy atom. The SMILES string of the molecule is CCCCNc1ccc(C(=O)OCCN(CC)CC)cc1.CCCN1CCCC[C@H]1C(=O)Cc1c(C)cccc1C.CCCNC(C)C(=O)Cc1ccccc1C.CCN(CC)CC(=O)Cc1c(C)cc(C)cc1C.Cc1cccc(C)c1CC(=O)[C@@H]1CCCCN1C. The van der Waals surface area contributed by atoms with Gasteiger partial charge in [0, 0.05) is 44.5 Å². The van der Waals surface area contributed by atoms with Crippen molar-refractivity contribution in [3.63, 3.8) is 0 Å². The van der Waals surface area contributed by atoms with Gasteiger partial charge in [-0.25, -0.2) is 4.79 Å². The monoisotopic (exact) mass is 1280 g/mol. The zero-order chi connectivity index (χ0) is 68.8. The number of likely N-dealkylation sites (N-methyl/N-ethyl adjacent to an activating group) is 3. The third-order valence-corrected chi connectivity index (χ3v) is 18.5. The van der Waals surface area contributed by atoms with Crippen LogP contribution in [0.25, 0.3) is 0 Å². The van der Waals surface area contributed by atoms with Crippen molar-refractivity contribution in [1.29, 1.82) is 0 Å². The van der Waals surface area contributed by atoms with E-state index < -0.39 is 0 Å². The quantitative estimate of drug-likeness (QED) is 0.0335. The van der Waals surface area contributed by atoms with Crippen LogP contribution >= 0.6 is 0 Å². The van der Waals surface area contributed by atoms with Crippen molar-refractivity contribution < 1.29 is 28.7 Å². The summed E-state index contributed by atoms with van der Waals surface area (Å²) in [6.45, 7) is 44.3. The van der Waals surface area contributed by atoms with E-state index in [0.29, 0.717) is 61.7 Å². The smallest absolute Gasteiger partial charge is 0.338 e. The lowest BCUT2D eigenvalue weighted by Crippen LogP contribution is -2.45. The van der Waals surface area contributed by atoms with E-state index in [1.165, 1.54) is 93.3 Å². The van der Waals surface area contributed by atoms with Crippen LogP contribution in [0.2, 0.25) is 0 Å². The van der Waals surface area contributed by atoms with Crippen molar-refractivity contribution in [3.05, 3.63) is 169 Å². The Balaban J connectivity index is 0.000000304. The van der Waals surface area contributed by atoms with Gasteiger partial charge in [0.15, 0.2) is 23.1 Å². The summed E-state index contributed by atoms with van der Waals surface area (Å²) < 4.78 is 5.30. The molecular formula is C81H124N6O6. The van der Waals surface area contributed by atoms with Crippen LogP contribution in [0.5, 0.6) is 0 Å². The van der Waals surface area contributed by atoms with E-state index in [-0.39, 0.29) is 29.9 Å². The fourth-order valence-electron chi connectivity index (χ4n) is 12.3. The van der Waals surface area contributed by atoms with Crippen molar-refractivity contribution in [3.8, 4) is 0 Å². The number of unbranched alkanes of at least 4 members (excludes halogenated alkanes) is 1. The number of carbonyl (C=O) groups excluding carboxylic acids is 5. The van der Waals surface area contributed by atoms with E-state index in [1.54, 1.807) is 0 Å². The Hall–Kier alpha value is -6.15. The molecule has 1 unspecified atom stereocenters. The molecule has 0 amide bonds. The van der Waals surface area contributed by atoms with Gasteiger partial charge in [-0.3, -0.25) is 33.9 Å². The second-order valence-corrected chi connectivity index (χ2v) is 25.9. The third kappa shape index (κ3) is 29.6. The van der Waals surface area contributed by atoms with Gasteiger partial charge in [0.2, 0.25) is 0 Å². The van der Waals surface area contributed by atoms with Gasteiger partial charge in [0.1, 0.15) is 6.61 Å². The van der Waals surface area contributed by atoms with Crippen LogP contribution in [0.4, 0.5) is 5.69 Å². The first-order valence-corrected chi connectivity index (χ1v) is 35.5.